The molecule has 2 atom stereocenters. The lowest BCUT2D eigenvalue weighted by Crippen LogP contribution is -2.37. The van der Waals surface area contributed by atoms with Crippen LogP contribution in [0.25, 0.3) is 5.69 Å². The fourth-order valence-corrected chi connectivity index (χ4v) is 4.82. The number of benzene rings is 2. The van der Waals surface area contributed by atoms with Crippen molar-refractivity contribution >= 4 is 28.9 Å². The monoisotopic (exact) mass is 481 g/mol. The molecule has 2 N–H and O–H groups in total. The molecule has 35 heavy (non-hydrogen) atoms. The maximum absolute atomic E-state index is 13.0. The molecule has 2 aromatic heterocycles. The number of aromatic nitrogens is 2. The Hall–Kier alpha value is -3.97. The predicted octanol–water partition coefficient (Wildman–Crippen LogP) is 5.10. The smallest absolute Gasteiger partial charge is 0.244 e. The third-order valence-corrected chi connectivity index (χ3v) is 6.77. The first-order valence-electron chi connectivity index (χ1n) is 11.6. The van der Waals surface area contributed by atoms with Crippen LogP contribution in [0.4, 0.5) is 5.69 Å². The van der Waals surface area contributed by atoms with Gasteiger partial charge in [-0.05, 0) is 85.7 Å². The first-order valence-corrected chi connectivity index (χ1v) is 12.0. The van der Waals surface area contributed by atoms with Crippen LogP contribution < -0.4 is 10.6 Å². The Morgan fingerprint density at radius 3 is 2.54 bits per heavy atom. The fraction of sp³-hybridized carbons (Fsp3) is 0.179. The third kappa shape index (κ3) is 4.68. The average molecular weight is 482 g/mol. The van der Waals surface area contributed by atoms with Gasteiger partial charge in [0.15, 0.2) is 5.11 Å². The molecular weight excluding hydrogens is 454 g/mol. The van der Waals surface area contributed by atoms with Gasteiger partial charge in [-0.2, -0.15) is 0 Å². The maximum atomic E-state index is 13.0. The summed E-state index contributed by atoms with van der Waals surface area (Å²) in [5.41, 5.74) is 6.20. The second-order valence-corrected chi connectivity index (χ2v) is 9.13. The number of thiocarbonyl (C=S) groups is 1. The minimum absolute atomic E-state index is 0.118. The van der Waals surface area contributed by atoms with Gasteiger partial charge in [0.2, 0.25) is 5.91 Å². The predicted molar refractivity (Wildman–Crippen MR) is 142 cm³/mol. The van der Waals surface area contributed by atoms with Crippen LogP contribution in [0.5, 0.6) is 0 Å². The molecule has 4 aromatic rings. The highest BCUT2D eigenvalue weighted by Crippen LogP contribution is 2.39. The number of para-hydroxylation sites is 1. The van der Waals surface area contributed by atoms with Gasteiger partial charge in [0.05, 0.1) is 17.8 Å². The number of carbonyl (C=O) groups is 1. The van der Waals surface area contributed by atoms with Crippen molar-refractivity contribution in [1.29, 1.82) is 0 Å². The third-order valence-electron chi connectivity index (χ3n) is 6.42. The molecule has 6 nitrogen and oxygen atoms in total. The summed E-state index contributed by atoms with van der Waals surface area (Å²) in [6, 6.07) is 25.4. The van der Waals surface area contributed by atoms with E-state index in [4.69, 9.17) is 12.2 Å². The number of hydrogen-bond donors (Lipinski definition) is 2. The van der Waals surface area contributed by atoms with Crippen LogP contribution in [-0.4, -0.2) is 32.0 Å². The lowest BCUT2D eigenvalue weighted by Gasteiger charge is -2.28. The Labute approximate surface area is 210 Å². The molecule has 0 bridgehead atoms. The van der Waals surface area contributed by atoms with Crippen LogP contribution >= 0.6 is 12.2 Å². The molecule has 1 saturated heterocycles. The van der Waals surface area contributed by atoms with Gasteiger partial charge in [-0.15, -0.1) is 0 Å². The first-order chi connectivity index (χ1) is 17.0. The summed E-state index contributed by atoms with van der Waals surface area (Å²) in [5.74, 6) is -0.128. The zero-order valence-corrected chi connectivity index (χ0v) is 20.5. The van der Waals surface area contributed by atoms with Crippen molar-refractivity contribution in [2.75, 3.05) is 11.9 Å². The zero-order chi connectivity index (χ0) is 24.4. The van der Waals surface area contributed by atoms with E-state index in [2.05, 4.69) is 64.5 Å². The number of nitrogens with zero attached hydrogens (tertiary/aromatic N) is 3. The lowest BCUT2D eigenvalue weighted by molar-refractivity contribution is -0.116. The molecule has 0 radical (unpaired) electrons. The molecular formula is C28H27N5OS. The molecule has 2 aromatic carbocycles. The van der Waals surface area contributed by atoms with E-state index in [9.17, 15) is 4.79 Å². The van der Waals surface area contributed by atoms with Crippen molar-refractivity contribution in [2.45, 2.75) is 25.9 Å². The highest BCUT2D eigenvalue weighted by Gasteiger charge is 2.42. The number of amides is 1. The molecule has 1 aliphatic heterocycles. The standard InChI is InChI=1S/C28H27N5OS/c1-19-13-14-22(17-20(19)2)32-16-8-12-24(32)27-26(23-11-6-7-15-29-23)31-28(35)33(27)18-25(34)30-21-9-4-3-5-10-21/h3-17,26-27H,18H2,1-2H3,(H,30,34)(H,31,35)/t26-,27+/m0/s1. The van der Waals surface area contributed by atoms with E-state index in [1.54, 1.807) is 6.20 Å². The highest BCUT2D eigenvalue weighted by atomic mass is 32.1. The SMILES string of the molecule is Cc1ccc(-n2cccc2[C@@H]2[C@H](c3ccccn3)NC(=S)N2CC(=O)Nc2ccccc2)cc1C. The highest BCUT2D eigenvalue weighted by molar-refractivity contribution is 7.80. The molecule has 1 aliphatic rings. The van der Waals surface area contributed by atoms with Gasteiger partial charge in [-0.3, -0.25) is 9.78 Å². The van der Waals surface area contributed by atoms with E-state index in [-0.39, 0.29) is 24.5 Å². The van der Waals surface area contributed by atoms with Gasteiger partial charge in [0.25, 0.3) is 0 Å². The molecule has 1 amide bonds. The summed E-state index contributed by atoms with van der Waals surface area (Å²) in [7, 11) is 0. The Balaban J connectivity index is 1.52. The van der Waals surface area contributed by atoms with Gasteiger partial charge in [0, 0.05) is 29.5 Å². The maximum Gasteiger partial charge on any atom is 0.244 e. The van der Waals surface area contributed by atoms with Gasteiger partial charge in [-0.1, -0.05) is 30.3 Å². The minimum atomic E-state index is -0.226. The normalized spacial score (nSPS) is 17.3. The molecule has 1 fully saturated rings. The number of nitrogens with one attached hydrogen (secondary N) is 2. The topological polar surface area (TPSA) is 62.2 Å². The summed E-state index contributed by atoms with van der Waals surface area (Å²) in [6.07, 6.45) is 3.84. The number of anilines is 1. The number of carbonyl (C=O) groups excluding carboxylic acids is 1. The second kappa shape index (κ2) is 9.72. The summed E-state index contributed by atoms with van der Waals surface area (Å²) >= 11 is 5.75. The van der Waals surface area contributed by atoms with E-state index in [1.807, 2.05) is 59.5 Å². The van der Waals surface area contributed by atoms with Crippen LogP contribution in [0.15, 0.2) is 91.3 Å². The molecule has 0 aliphatic carbocycles. The van der Waals surface area contributed by atoms with Crippen LogP contribution in [0.3, 0.4) is 0 Å². The van der Waals surface area contributed by atoms with Gasteiger partial charge in [0.1, 0.15) is 6.54 Å². The van der Waals surface area contributed by atoms with Gasteiger partial charge < -0.3 is 20.1 Å². The molecule has 176 valence electrons. The Kier molecular flexibility index (Phi) is 6.33. The summed E-state index contributed by atoms with van der Waals surface area (Å²) in [4.78, 5) is 19.6. The van der Waals surface area contributed by atoms with E-state index in [1.165, 1.54) is 11.1 Å². The average Bonchev–Trinajstić information content (AvgIpc) is 3.46. The van der Waals surface area contributed by atoms with Gasteiger partial charge in [-0.25, -0.2) is 0 Å². The largest absolute Gasteiger partial charge is 0.352 e. The summed E-state index contributed by atoms with van der Waals surface area (Å²) in [6.45, 7) is 4.34. The fourth-order valence-electron chi connectivity index (χ4n) is 4.52. The molecule has 3 heterocycles. The van der Waals surface area contributed by atoms with E-state index < -0.39 is 0 Å². The van der Waals surface area contributed by atoms with Crippen LogP contribution in [-0.2, 0) is 4.79 Å². The lowest BCUT2D eigenvalue weighted by atomic mass is 10.0. The van der Waals surface area contributed by atoms with Crippen molar-refractivity contribution in [3.05, 3.63) is 114 Å². The quantitative estimate of drug-likeness (QED) is 0.375. The number of aryl methyl sites for hydroxylation is 2. The van der Waals surface area contributed by atoms with Crippen molar-refractivity contribution < 1.29 is 4.79 Å². The molecule has 0 unspecified atom stereocenters. The number of rotatable bonds is 6. The van der Waals surface area contributed by atoms with Crippen molar-refractivity contribution in [3.63, 3.8) is 0 Å². The summed E-state index contributed by atoms with van der Waals surface area (Å²) < 4.78 is 2.17. The summed E-state index contributed by atoms with van der Waals surface area (Å²) in [5, 5.41) is 6.94. The Morgan fingerprint density at radius 2 is 1.80 bits per heavy atom. The molecule has 0 spiro atoms. The molecule has 7 heteroatoms. The van der Waals surface area contributed by atoms with E-state index >= 15 is 0 Å². The van der Waals surface area contributed by atoms with E-state index in [0.717, 1.165) is 22.8 Å². The zero-order valence-electron chi connectivity index (χ0n) is 19.7. The van der Waals surface area contributed by atoms with Crippen LogP contribution in [0.1, 0.15) is 34.6 Å². The van der Waals surface area contributed by atoms with E-state index in [0.29, 0.717) is 5.11 Å². The number of pyridine rings is 1. The van der Waals surface area contributed by atoms with Crippen molar-refractivity contribution in [3.8, 4) is 5.69 Å². The van der Waals surface area contributed by atoms with Gasteiger partial charge >= 0.3 is 0 Å². The van der Waals surface area contributed by atoms with Crippen LogP contribution in [0, 0.1) is 13.8 Å². The number of hydrogen-bond acceptors (Lipinski definition) is 3. The second-order valence-electron chi connectivity index (χ2n) is 8.74. The Morgan fingerprint density at radius 1 is 1.00 bits per heavy atom. The van der Waals surface area contributed by atoms with Crippen LogP contribution in [0.2, 0.25) is 0 Å². The Bertz CT molecular complexity index is 1350. The molecule has 0 saturated carbocycles. The minimum Gasteiger partial charge on any atom is -0.352 e. The van der Waals surface area contributed by atoms with Crippen molar-refractivity contribution in [1.82, 2.24) is 19.8 Å². The van der Waals surface area contributed by atoms with Crippen molar-refractivity contribution in [2.24, 2.45) is 0 Å². The first kappa shape index (κ1) is 22.8. The molecule has 5 rings (SSSR count).